The van der Waals surface area contributed by atoms with Crippen LogP contribution < -0.4 is 15.4 Å². The summed E-state index contributed by atoms with van der Waals surface area (Å²) in [7, 11) is 1.56. The maximum atomic E-state index is 11.7. The molecule has 0 saturated heterocycles. The van der Waals surface area contributed by atoms with E-state index in [0.29, 0.717) is 17.2 Å². The van der Waals surface area contributed by atoms with Gasteiger partial charge in [-0.3, -0.25) is 10.1 Å². The summed E-state index contributed by atoms with van der Waals surface area (Å²) in [5.74, 6) is 1.89. The molecule has 7 heteroatoms. The molecule has 116 valence electrons. The van der Waals surface area contributed by atoms with Crippen molar-refractivity contribution in [1.82, 2.24) is 5.32 Å². The van der Waals surface area contributed by atoms with Gasteiger partial charge < -0.3 is 14.5 Å². The van der Waals surface area contributed by atoms with Crippen LogP contribution in [0.3, 0.4) is 0 Å². The van der Waals surface area contributed by atoms with Crippen LogP contribution in [-0.2, 0) is 10.5 Å². The predicted octanol–water partition coefficient (Wildman–Crippen LogP) is 2.87. The summed E-state index contributed by atoms with van der Waals surface area (Å²) in [6.45, 7) is 0. The van der Waals surface area contributed by atoms with Crippen LogP contribution in [0.4, 0.5) is 10.5 Å². The largest absolute Gasteiger partial charge is 0.497 e. The number of benzene rings is 1. The van der Waals surface area contributed by atoms with E-state index in [1.54, 1.807) is 43.7 Å². The summed E-state index contributed by atoms with van der Waals surface area (Å²) in [4.78, 5) is 23.3. The zero-order valence-electron chi connectivity index (χ0n) is 12.0. The van der Waals surface area contributed by atoms with Gasteiger partial charge in [-0.1, -0.05) is 0 Å². The fourth-order valence-electron chi connectivity index (χ4n) is 1.64. The first-order chi connectivity index (χ1) is 10.7. The van der Waals surface area contributed by atoms with Crippen molar-refractivity contribution in [3.05, 3.63) is 48.4 Å². The monoisotopic (exact) mass is 320 g/mol. The van der Waals surface area contributed by atoms with Crippen molar-refractivity contribution in [3.63, 3.8) is 0 Å². The summed E-state index contributed by atoms with van der Waals surface area (Å²) in [6.07, 6.45) is 1.58. The summed E-state index contributed by atoms with van der Waals surface area (Å²) in [5, 5.41) is 4.84. The summed E-state index contributed by atoms with van der Waals surface area (Å²) in [5.41, 5.74) is 0.578. The molecule has 0 atom stereocenters. The minimum atomic E-state index is -0.561. The molecule has 0 saturated carbocycles. The van der Waals surface area contributed by atoms with Gasteiger partial charge in [-0.15, -0.1) is 11.8 Å². The van der Waals surface area contributed by atoms with Crippen molar-refractivity contribution in [1.29, 1.82) is 0 Å². The number of amides is 3. The third-order valence-electron chi connectivity index (χ3n) is 2.66. The molecule has 2 N–H and O–H groups in total. The lowest BCUT2D eigenvalue weighted by atomic mass is 10.3. The highest BCUT2D eigenvalue weighted by Crippen LogP contribution is 2.15. The fourth-order valence-corrected chi connectivity index (χ4v) is 2.36. The second kappa shape index (κ2) is 8.14. The molecule has 2 aromatic rings. The van der Waals surface area contributed by atoms with E-state index in [-0.39, 0.29) is 11.7 Å². The van der Waals surface area contributed by atoms with Gasteiger partial charge in [0.05, 0.1) is 24.9 Å². The normalized spacial score (nSPS) is 10.0. The number of thioether (sulfide) groups is 1. The molecule has 1 aromatic heterocycles. The number of hydrogen-bond acceptors (Lipinski definition) is 5. The Balaban J connectivity index is 1.70. The quantitative estimate of drug-likeness (QED) is 0.855. The molecule has 0 aliphatic carbocycles. The van der Waals surface area contributed by atoms with Crippen molar-refractivity contribution < 1.29 is 18.7 Å². The number of furan rings is 1. The lowest BCUT2D eigenvalue weighted by Crippen LogP contribution is -2.35. The number of carbonyl (C=O) groups excluding carboxylic acids is 2. The highest BCUT2D eigenvalue weighted by molar-refractivity contribution is 7.99. The van der Waals surface area contributed by atoms with Gasteiger partial charge in [-0.25, -0.2) is 4.79 Å². The average Bonchev–Trinajstić information content (AvgIpc) is 3.01. The van der Waals surface area contributed by atoms with Crippen molar-refractivity contribution in [3.8, 4) is 5.75 Å². The van der Waals surface area contributed by atoms with Gasteiger partial charge >= 0.3 is 6.03 Å². The van der Waals surface area contributed by atoms with Crippen molar-refractivity contribution in [2.45, 2.75) is 5.75 Å². The molecule has 1 aromatic carbocycles. The molecule has 22 heavy (non-hydrogen) atoms. The van der Waals surface area contributed by atoms with Gasteiger partial charge in [-0.2, -0.15) is 0 Å². The molecule has 0 aliphatic rings. The third-order valence-corrected chi connectivity index (χ3v) is 3.61. The molecule has 0 radical (unpaired) electrons. The zero-order chi connectivity index (χ0) is 15.8. The summed E-state index contributed by atoms with van der Waals surface area (Å²) in [6, 6.07) is 9.88. The first-order valence-corrected chi connectivity index (χ1v) is 7.68. The van der Waals surface area contributed by atoms with Gasteiger partial charge in [0.25, 0.3) is 0 Å². The molecule has 0 unspecified atom stereocenters. The van der Waals surface area contributed by atoms with Crippen LogP contribution in [0.1, 0.15) is 5.76 Å². The van der Waals surface area contributed by atoms with Gasteiger partial charge in [0.15, 0.2) is 0 Å². The van der Waals surface area contributed by atoms with Crippen LogP contribution in [0.25, 0.3) is 0 Å². The van der Waals surface area contributed by atoms with E-state index in [1.807, 2.05) is 6.07 Å². The van der Waals surface area contributed by atoms with Crippen molar-refractivity contribution in [2.75, 3.05) is 18.2 Å². The topological polar surface area (TPSA) is 80.6 Å². The predicted molar refractivity (Wildman–Crippen MR) is 85.0 cm³/mol. The van der Waals surface area contributed by atoms with Crippen LogP contribution in [-0.4, -0.2) is 24.8 Å². The number of methoxy groups -OCH3 is 1. The van der Waals surface area contributed by atoms with Crippen LogP contribution in [0, 0.1) is 0 Å². The Kier molecular flexibility index (Phi) is 5.91. The Bertz CT molecular complexity index is 611. The molecule has 0 bridgehead atoms. The van der Waals surface area contributed by atoms with E-state index in [2.05, 4.69) is 10.6 Å². The van der Waals surface area contributed by atoms with Crippen LogP contribution in [0.2, 0.25) is 0 Å². The number of nitrogens with one attached hydrogen (secondary N) is 2. The van der Waals surface area contributed by atoms with Crippen LogP contribution in [0.5, 0.6) is 5.75 Å². The highest BCUT2D eigenvalue weighted by Gasteiger charge is 2.08. The smallest absolute Gasteiger partial charge is 0.325 e. The summed E-state index contributed by atoms with van der Waals surface area (Å²) < 4.78 is 10.2. The lowest BCUT2D eigenvalue weighted by molar-refractivity contribution is -0.117. The molecule has 3 amide bonds. The van der Waals surface area contributed by atoms with Gasteiger partial charge in [0.2, 0.25) is 5.91 Å². The van der Waals surface area contributed by atoms with E-state index in [4.69, 9.17) is 9.15 Å². The van der Waals surface area contributed by atoms with E-state index in [1.165, 1.54) is 11.8 Å². The number of ether oxygens (including phenoxy) is 1. The molecule has 0 aliphatic heterocycles. The molecule has 1 heterocycles. The van der Waals surface area contributed by atoms with E-state index < -0.39 is 6.03 Å². The molecule has 6 nitrogen and oxygen atoms in total. The highest BCUT2D eigenvalue weighted by atomic mass is 32.2. The SMILES string of the molecule is COc1ccc(NC(=O)NC(=O)CSCc2ccco2)cc1. The Morgan fingerprint density at radius 2 is 2.00 bits per heavy atom. The van der Waals surface area contributed by atoms with Crippen LogP contribution >= 0.6 is 11.8 Å². The Morgan fingerprint density at radius 1 is 1.23 bits per heavy atom. The second-order valence-electron chi connectivity index (χ2n) is 4.30. The zero-order valence-corrected chi connectivity index (χ0v) is 12.8. The average molecular weight is 320 g/mol. The van der Waals surface area contributed by atoms with Gasteiger partial charge in [0.1, 0.15) is 11.5 Å². The van der Waals surface area contributed by atoms with Gasteiger partial charge in [-0.05, 0) is 36.4 Å². The Hall–Kier alpha value is -2.41. The van der Waals surface area contributed by atoms with Crippen LogP contribution in [0.15, 0.2) is 47.1 Å². The van der Waals surface area contributed by atoms with E-state index in [0.717, 1.165) is 5.76 Å². The molecule has 0 spiro atoms. The molecule has 0 fully saturated rings. The third kappa shape index (κ3) is 5.17. The Morgan fingerprint density at radius 3 is 2.64 bits per heavy atom. The lowest BCUT2D eigenvalue weighted by Gasteiger charge is -2.07. The van der Waals surface area contributed by atoms with Crippen molar-refractivity contribution in [2.24, 2.45) is 0 Å². The van der Waals surface area contributed by atoms with E-state index >= 15 is 0 Å². The maximum Gasteiger partial charge on any atom is 0.325 e. The number of carbonyl (C=O) groups is 2. The first kappa shape index (κ1) is 16.0. The van der Waals surface area contributed by atoms with Gasteiger partial charge in [0, 0.05) is 5.69 Å². The standard InChI is InChI=1S/C15H16N2O4S/c1-20-12-6-4-11(5-7-12)16-15(19)17-14(18)10-22-9-13-3-2-8-21-13/h2-8H,9-10H2,1H3,(H2,16,17,18,19). The minimum absolute atomic E-state index is 0.177. The fraction of sp³-hybridized carbons (Fsp3) is 0.200. The maximum absolute atomic E-state index is 11.7. The first-order valence-electron chi connectivity index (χ1n) is 6.52. The minimum Gasteiger partial charge on any atom is -0.497 e. The molecular weight excluding hydrogens is 304 g/mol. The number of rotatable bonds is 6. The Labute approximate surface area is 132 Å². The molecule has 2 rings (SSSR count). The second-order valence-corrected chi connectivity index (χ2v) is 5.29. The number of hydrogen-bond donors (Lipinski definition) is 2. The number of imide groups is 1. The van der Waals surface area contributed by atoms with E-state index in [9.17, 15) is 9.59 Å². The number of anilines is 1. The molecular formula is C15H16N2O4S. The van der Waals surface area contributed by atoms with Crippen molar-refractivity contribution >= 4 is 29.4 Å². The summed E-state index contributed by atoms with van der Waals surface area (Å²) >= 11 is 1.37. The number of urea groups is 1.